The Labute approximate surface area is 93.5 Å². The van der Waals surface area contributed by atoms with Gasteiger partial charge >= 0.3 is 0 Å². The molecule has 3 heteroatoms. The molecule has 1 aliphatic rings. The average Bonchev–Trinajstić information content (AvgIpc) is 2.43. The highest BCUT2D eigenvalue weighted by Crippen LogP contribution is 2.33. The average molecular weight is 224 g/mol. The Morgan fingerprint density at radius 1 is 1.12 bits per heavy atom. The van der Waals surface area contributed by atoms with Crippen molar-refractivity contribution in [1.82, 2.24) is 0 Å². The van der Waals surface area contributed by atoms with E-state index in [-0.39, 0.29) is 23.7 Å². The summed E-state index contributed by atoms with van der Waals surface area (Å²) < 4.78 is 27.1. The molecule has 1 saturated carbocycles. The smallest absolute Gasteiger partial charge is 0.133 e. The molecule has 0 saturated heterocycles. The van der Waals surface area contributed by atoms with E-state index in [0.717, 1.165) is 12.8 Å². The molecule has 1 fully saturated rings. The van der Waals surface area contributed by atoms with Gasteiger partial charge in [-0.2, -0.15) is 0 Å². The Morgan fingerprint density at radius 3 is 2.50 bits per heavy atom. The molecule has 1 aliphatic carbocycles. The summed E-state index contributed by atoms with van der Waals surface area (Å²) in [5.41, 5.74) is 0.0951. The van der Waals surface area contributed by atoms with Crippen LogP contribution in [-0.4, -0.2) is 5.78 Å². The maximum absolute atomic E-state index is 13.5. The highest BCUT2D eigenvalue weighted by atomic mass is 19.1. The van der Waals surface area contributed by atoms with Crippen LogP contribution >= 0.6 is 0 Å². The van der Waals surface area contributed by atoms with Crippen LogP contribution in [0.4, 0.5) is 8.78 Å². The van der Waals surface area contributed by atoms with Gasteiger partial charge in [0.1, 0.15) is 17.4 Å². The van der Waals surface area contributed by atoms with Crippen molar-refractivity contribution >= 4 is 5.78 Å². The molecule has 0 radical (unpaired) electrons. The first-order chi connectivity index (χ1) is 7.68. The van der Waals surface area contributed by atoms with Gasteiger partial charge in [-0.3, -0.25) is 4.79 Å². The van der Waals surface area contributed by atoms with Crippen LogP contribution in [-0.2, 0) is 4.79 Å². The zero-order valence-corrected chi connectivity index (χ0v) is 9.01. The zero-order chi connectivity index (χ0) is 11.5. The first-order valence-corrected chi connectivity index (χ1v) is 5.64. The van der Waals surface area contributed by atoms with Crippen LogP contribution < -0.4 is 0 Å². The van der Waals surface area contributed by atoms with Crippen LogP contribution in [0.1, 0.15) is 43.6 Å². The van der Waals surface area contributed by atoms with Gasteiger partial charge in [-0.15, -0.1) is 0 Å². The molecule has 1 aromatic carbocycles. The molecule has 0 N–H and O–H groups in total. The lowest BCUT2D eigenvalue weighted by molar-refractivity contribution is -0.119. The number of benzene rings is 1. The molecule has 0 aliphatic heterocycles. The highest BCUT2D eigenvalue weighted by Gasteiger charge is 2.24. The van der Waals surface area contributed by atoms with Crippen LogP contribution in [0.15, 0.2) is 18.2 Å². The summed E-state index contributed by atoms with van der Waals surface area (Å²) in [4.78, 5) is 11.4. The van der Waals surface area contributed by atoms with Crippen molar-refractivity contribution in [2.45, 2.75) is 38.0 Å². The number of carbonyl (C=O) groups is 1. The second-order valence-corrected chi connectivity index (χ2v) is 4.32. The quantitative estimate of drug-likeness (QED) is 0.666. The maximum atomic E-state index is 13.5. The standard InChI is InChI=1S/C13H14F2O/c14-11-6-3-7-12(15)13(11)9-4-1-2-5-10(16)8-9/h3,6-7,9H,1-2,4-5,8H2. The van der Waals surface area contributed by atoms with Gasteiger partial charge in [0.25, 0.3) is 0 Å². The van der Waals surface area contributed by atoms with E-state index in [4.69, 9.17) is 0 Å². The molecule has 1 unspecified atom stereocenters. The molecule has 0 heterocycles. The largest absolute Gasteiger partial charge is 0.300 e. The molecule has 16 heavy (non-hydrogen) atoms. The van der Waals surface area contributed by atoms with Crippen molar-refractivity contribution in [2.24, 2.45) is 0 Å². The molecule has 1 nitrogen and oxygen atoms in total. The Kier molecular flexibility index (Phi) is 3.32. The second kappa shape index (κ2) is 4.73. The third-order valence-corrected chi connectivity index (χ3v) is 3.14. The Hall–Kier alpha value is -1.25. The number of hydrogen-bond acceptors (Lipinski definition) is 1. The number of carbonyl (C=O) groups excluding carboxylic acids is 1. The lowest BCUT2D eigenvalue weighted by Crippen LogP contribution is -2.08. The third kappa shape index (κ3) is 2.29. The first kappa shape index (κ1) is 11.2. The molecule has 1 atom stereocenters. The molecule has 86 valence electrons. The van der Waals surface area contributed by atoms with E-state index in [0.29, 0.717) is 12.8 Å². The van der Waals surface area contributed by atoms with E-state index >= 15 is 0 Å². The molecule has 0 bridgehead atoms. The van der Waals surface area contributed by atoms with Crippen LogP contribution in [0, 0.1) is 11.6 Å². The van der Waals surface area contributed by atoms with Crippen molar-refractivity contribution in [3.8, 4) is 0 Å². The van der Waals surface area contributed by atoms with Gasteiger partial charge in [0.2, 0.25) is 0 Å². The predicted molar refractivity (Wildman–Crippen MR) is 57.2 cm³/mol. The van der Waals surface area contributed by atoms with Gasteiger partial charge in [0.05, 0.1) is 0 Å². The van der Waals surface area contributed by atoms with Crippen LogP contribution in [0.25, 0.3) is 0 Å². The molecule has 0 aromatic heterocycles. The fourth-order valence-corrected chi connectivity index (χ4v) is 2.34. The van der Waals surface area contributed by atoms with Gasteiger partial charge in [0.15, 0.2) is 0 Å². The predicted octanol–water partition coefficient (Wildman–Crippen LogP) is 3.58. The minimum atomic E-state index is -0.528. The van der Waals surface area contributed by atoms with Crippen LogP contribution in [0.2, 0.25) is 0 Å². The van der Waals surface area contributed by atoms with Crippen molar-refractivity contribution in [2.75, 3.05) is 0 Å². The van der Waals surface area contributed by atoms with Gasteiger partial charge in [-0.05, 0) is 30.9 Å². The van der Waals surface area contributed by atoms with Gasteiger partial charge in [-0.25, -0.2) is 8.78 Å². The van der Waals surface area contributed by atoms with Gasteiger partial charge in [0, 0.05) is 18.4 Å². The molecular weight excluding hydrogens is 210 g/mol. The number of rotatable bonds is 1. The van der Waals surface area contributed by atoms with Crippen molar-refractivity contribution in [1.29, 1.82) is 0 Å². The molecule has 0 spiro atoms. The van der Waals surface area contributed by atoms with Crippen molar-refractivity contribution < 1.29 is 13.6 Å². The van der Waals surface area contributed by atoms with E-state index in [1.807, 2.05) is 0 Å². The summed E-state index contributed by atoms with van der Waals surface area (Å²) in [5, 5.41) is 0. The lowest BCUT2D eigenvalue weighted by Gasteiger charge is -2.15. The fraction of sp³-hybridized carbons (Fsp3) is 0.462. The summed E-state index contributed by atoms with van der Waals surface area (Å²) in [6.07, 6.45) is 3.23. The Balaban J connectivity index is 2.31. The topological polar surface area (TPSA) is 17.1 Å². The minimum Gasteiger partial charge on any atom is -0.300 e. The second-order valence-electron chi connectivity index (χ2n) is 4.32. The van der Waals surface area contributed by atoms with E-state index < -0.39 is 11.6 Å². The number of halogens is 2. The summed E-state index contributed by atoms with van der Waals surface area (Å²) in [6, 6.07) is 3.87. The Morgan fingerprint density at radius 2 is 1.81 bits per heavy atom. The van der Waals surface area contributed by atoms with E-state index in [1.54, 1.807) is 0 Å². The minimum absolute atomic E-state index is 0.0951. The normalized spacial score (nSPS) is 21.9. The fourth-order valence-electron chi connectivity index (χ4n) is 2.34. The van der Waals surface area contributed by atoms with Crippen molar-refractivity contribution in [3.63, 3.8) is 0 Å². The molecule has 2 rings (SSSR count). The zero-order valence-electron chi connectivity index (χ0n) is 9.01. The molecular formula is C13H14F2O. The summed E-state index contributed by atoms with van der Waals surface area (Å²) >= 11 is 0. The Bertz CT molecular complexity index is 381. The van der Waals surface area contributed by atoms with E-state index in [9.17, 15) is 13.6 Å². The summed E-state index contributed by atoms with van der Waals surface area (Å²) in [5.74, 6) is -1.22. The van der Waals surface area contributed by atoms with E-state index in [2.05, 4.69) is 0 Å². The monoisotopic (exact) mass is 224 g/mol. The SMILES string of the molecule is O=C1CCCCC(c2c(F)cccc2F)C1. The first-order valence-electron chi connectivity index (χ1n) is 5.64. The van der Waals surface area contributed by atoms with Crippen LogP contribution in [0.3, 0.4) is 0 Å². The summed E-state index contributed by atoms with van der Waals surface area (Å²) in [6.45, 7) is 0. The number of hydrogen-bond donors (Lipinski definition) is 0. The lowest BCUT2D eigenvalue weighted by atomic mass is 9.90. The van der Waals surface area contributed by atoms with Crippen molar-refractivity contribution in [3.05, 3.63) is 35.4 Å². The van der Waals surface area contributed by atoms with Crippen LogP contribution in [0.5, 0.6) is 0 Å². The highest BCUT2D eigenvalue weighted by molar-refractivity contribution is 5.79. The molecule has 1 aromatic rings. The molecule has 0 amide bonds. The summed E-state index contributed by atoms with van der Waals surface area (Å²) in [7, 11) is 0. The maximum Gasteiger partial charge on any atom is 0.133 e. The van der Waals surface area contributed by atoms with Gasteiger partial charge in [-0.1, -0.05) is 12.5 Å². The number of ketones is 1. The number of Topliss-reactive ketones (excluding diaryl/α,β-unsaturated/α-hetero) is 1. The van der Waals surface area contributed by atoms with Gasteiger partial charge < -0.3 is 0 Å². The van der Waals surface area contributed by atoms with E-state index in [1.165, 1.54) is 18.2 Å². The third-order valence-electron chi connectivity index (χ3n) is 3.14.